The van der Waals surface area contributed by atoms with Gasteiger partial charge in [0.05, 0.1) is 5.69 Å². The number of rotatable bonds is 2. The highest BCUT2D eigenvalue weighted by Crippen LogP contribution is 2.63. The summed E-state index contributed by atoms with van der Waals surface area (Å²) < 4.78 is 5.64. The molecule has 3 heteroatoms. The third-order valence-corrected chi connectivity index (χ3v) is 3.62. The molecule has 0 spiro atoms. The van der Waals surface area contributed by atoms with Crippen molar-refractivity contribution in [3.63, 3.8) is 0 Å². The van der Waals surface area contributed by atoms with Crippen LogP contribution in [0, 0.1) is 25.2 Å². The molecule has 1 saturated carbocycles. The predicted molar refractivity (Wildman–Crippen MR) is 55.0 cm³/mol. The normalized spacial score (nSPS) is 29.2. The van der Waals surface area contributed by atoms with Crippen LogP contribution in [0.2, 0.25) is 0 Å². The average molecular weight is 194 g/mol. The van der Waals surface area contributed by atoms with Crippen molar-refractivity contribution >= 4 is 0 Å². The minimum atomic E-state index is 0.262. The third-order valence-electron chi connectivity index (χ3n) is 3.62. The first-order valence-electron chi connectivity index (χ1n) is 5.12. The largest absolute Gasteiger partial charge is 0.445 e. The molecule has 2 atom stereocenters. The lowest BCUT2D eigenvalue weighted by atomic mass is 10.1. The van der Waals surface area contributed by atoms with E-state index in [2.05, 4.69) is 18.8 Å². The van der Waals surface area contributed by atoms with Crippen LogP contribution in [0.25, 0.3) is 0 Å². The van der Waals surface area contributed by atoms with Crippen LogP contribution < -0.4 is 5.73 Å². The van der Waals surface area contributed by atoms with Crippen molar-refractivity contribution in [2.75, 3.05) is 6.54 Å². The van der Waals surface area contributed by atoms with Crippen molar-refractivity contribution < 1.29 is 4.42 Å². The van der Waals surface area contributed by atoms with Crippen LogP contribution in [0.4, 0.5) is 0 Å². The molecule has 1 fully saturated rings. The van der Waals surface area contributed by atoms with Crippen LogP contribution in [0.1, 0.15) is 37.1 Å². The Balaban J connectivity index is 2.26. The van der Waals surface area contributed by atoms with Gasteiger partial charge in [-0.1, -0.05) is 13.8 Å². The SMILES string of the molecule is Cc1nc([C@@H]2[C@@H](CN)C2(C)C)oc1C. The molecule has 0 aromatic carbocycles. The fourth-order valence-electron chi connectivity index (χ4n) is 2.30. The highest BCUT2D eigenvalue weighted by atomic mass is 16.4. The summed E-state index contributed by atoms with van der Waals surface area (Å²) in [6, 6.07) is 0. The maximum atomic E-state index is 5.71. The lowest BCUT2D eigenvalue weighted by Crippen LogP contribution is -2.05. The Morgan fingerprint density at radius 3 is 2.43 bits per heavy atom. The second kappa shape index (κ2) is 2.83. The standard InChI is InChI=1S/C11H18N2O/c1-6-7(2)14-10(13-6)9-8(5-12)11(9,3)4/h8-9H,5,12H2,1-4H3/t8-,9+/m1/s1. The summed E-state index contributed by atoms with van der Waals surface area (Å²) in [6.45, 7) is 9.11. The molecule has 1 aliphatic carbocycles. The van der Waals surface area contributed by atoms with E-state index in [1.165, 1.54) is 0 Å². The molecule has 2 N–H and O–H groups in total. The number of oxazole rings is 1. The zero-order chi connectivity index (χ0) is 10.5. The molecule has 1 heterocycles. The number of nitrogens with two attached hydrogens (primary N) is 1. The summed E-state index contributed by atoms with van der Waals surface area (Å²) in [6.07, 6.45) is 0. The Hall–Kier alpha value is -0.830. The molecule has 0 radical (unpaired) electrons. The molecule has 0 bridgehead atoms. The van der Waals surface area contributed by atoms with Crippen molar-refractivity contribution in [1.29, 1.82) is 0 Å². The molecule has 78 valence electrons. The van der Waals surface area contributed by atoms with Gasteiger partial charge in [0.25, 0.3) is 0 Å². The lowest BCUT2D eigenvalue weighted by molar-refractivity contribution is 0.449. The zero-order valence-electron chi connectivity index (χ0n) is 9.29. The van der Waals surface area contributed by atoms with E-state index in [0.717, 1.165) is 23.9 Å². The van der Waals surface area contributed by atoms with E-state index in [4.69, 9.17) is 10.2 Å². The van der Waals surface area contributed by atoms with E-state index in [-0.39, 0.29) is 5.41 Å². The van der Waals surface area contributed by atoms with Crippen molar-refractivity contribution in [3.05, 3.63) is 17.3 Å². The molecular formula is C11H18N2O. The number of aryl methyl sites for hydroxylation is 2. The van der Waals surface area contributed by atoms with Gasteiger partial charge in [-0.25, -0.2) is 4.98 Å². The van der Waals surface area contributed by atoms with Crippen molar-refractivity contribution in [2.24, 2.45) is 17.1 Å². The molecular weight excluding hydrogens is 176 g/mol. The van der Waals surface area contributed by atoms with E-state index in [0.29, 0.717) is 11.8 Å². The Kier molecular flexibility index (Phi) is 1.96. The summed E-state index contributed by atoms with van der Waals surface area (Å²) >= 11 is 0. The van der Waals surface area contributed by atoms with E-state index in [1.807, 2.05) is 13.8 Å². The van der Waals surface area contributed by atoms with Gasteiger partial charge in [0, 0.05) is 5.92 Å². The lowest BCUT2D eigenvalue weighted by Gasteiger charge is -1.97. The van der Waals surface area contributed by atoms with Gasteiger partial charge in [0.2, 0.25) is 0 Å². The topological polar surface area (TPSA) is 52.0 Å². The number of hydrogen-bond donors (Lipinski definition) is 1. The van der Waals surface area contributed by atoms with Gasteiger partial charge in [0.1, 0.15) is 5.76 Å². The second-order valence-electron chi connectivity index (χ2n) is 4.83. The monoisotopic (exact) mass is 194 g/mol. The Morgan fingerprint density at radius 2 is 2.07 bits per heavy atom. The molecule has 3 nitrogen and oxygen atoms in total. The van der Waals surface area contributed by atoms with Crippen LogP contribution in [0.3, 0.4) is 0 Å². The molecule has 2 rings (SSSR count). The highest BCUT2D eigenvalue weighted by Gasteiger charge is 2.60. The minimum Gasteiger partial charge on any atom is -0.445 e. The molecule has 1 aromatic rings. The number of aromatic nitrogens is 1. The Bertz CT molecular complexity index is 335. The molecule has 0 saturated heterocycles. The highest BCUT2D eigenvalue weighted by molar-refractivity contribution is 5.22. The fraction of sp³-hybridized carbons (Fsp3) is 0.727. The van der Waals surface area contributed by atoms with Crippen molar-refractivity contribution in [3.8, 4) is 0 Å². The first kappa shape index (κ1) is 9.71. The summed E-state index contributed by atoms with van der Waals surface area (Å²) in [5.41, 5.74) is 6.97. The van der Waals surface area contributed by atoms with E-state index < -0.39 is 0 Å². The molecule has 0 aliphatic heterocycles. The van der Waals surface area contributed by atoms with Gasteiger partial charge in [-0.2, -0.15) is 0 Å². The van der Waals surface area contributed by atoms with Crippen LogP contribution in [-0.2, 0) is 0 Å². The zero-order valence-corrected chi connectivity index (χ0v) is 9.29. The van der Waals surface area contributed by atoms with Crippen LogP contribution in [-0.4, -0.2) is 11.5 Å². The smallest absolute Gasteiger partial charge is 0.198 e. The fourth-order valence-corrected chi connectivity index (χ4v) is 2.30. The van der Waals surface area contributed by atoms with Crippen molar-refractivity contribution in [2.45, 2.75) is 33.6 Å². The first-order chi connectivity index (χ1) is 6.48. The first-order valence-corrected chi connectivity index (χ1v) is 5.12. The van der Waals surface area contributed by atoms with Crippen LogP contribution in [0.5, 0.6) is 0 Å². The van der Waals surface area contributed by atoms with Gasteiger partial charge in [-0.3, -0.25) is 0 Å². The van der Waals surface area contributed by atoms with Gasteiger partial charge >= 0.3 is 0 Å². The summed E-state index contributed by atoms with van der Waals surface area (Å²) in [4.78, 5) is 4.44. The number of hydrogen-bond acceptors (Lipinski definition) is 3. The Morgan fingerprint density at radius 1 is 1.43 bits per heavy atom. The quantitative estimate of drug-likeness (QED) is 0.783. The summed E-state index contributed by atoms with van der Waals surface area (Å²) in [5, 5.41) is 0. The van der Waals surface area contributed by atoms with E-state index in [1.54, 1.807) is 0 Å². The summed E-state index contributed by atoms with van der Waals surface area (Å²) in [5.74, 6) is 2.75. The maximum Gasteiger partial charge on any atom is 0.198 e. The van der Waals surface area contributed by atoms with Gasteiger partial charge in [0.15, 0.2) is 5.89 Å². The van der Waals surface area contributed by atoms with Gasteiger partial charge in [-0.15, -0.1) is 0 Å². The summed E-state index contributed by atoms with van der Waals surface area (Å²) in [7, 11) is 0. The molecule has 1 aliphatic rings. The van der Waals surface area contributed by atoms with E-state index >= 15 is 0 Å². The molecule has 1 aromatic heterocycles. The van der Waals surface area contributed by atoms with Gasteiger partial charge in [-0.05, 0) is 31.7 Å². The van der Waals surface area contributed by atoms with Crippen LogP contribution in [0.15, 0.2) is 4.42 Å². The predicted octanol–water partition coefficient (Wildman–Crippen LogP) is 1.99. The van der Waals surface area contributed by atoms with E-state index in [9.17, 15) is 0 Å². The number of nitrogens with zero attached hydrogens (tertiary/aromatic N) is 1. The minimum absolute atomic E-state index is 0.262. The van der Waals surface area contributed by atoms with Gasteiger partial charge < -0.3 is 10.2 Å². The maximum absolute atomic E-state index is 5.71. The molecule has 0 amide bonds. The second-order valence-corrected chi connectivity index (χ2v) is 4.83. The third kappa shape index (κ3) is 1.19. The molecule has 0 unspecified atom stereocenters. The van der Waals surface area contributed by atoms with Crippen LogP contribution >= 0.6 is 0 Å². The molecule has 14 heavy (non-hydrogen) atoms. The average Bonchev–Trinajstić information content (AvgIpc) is 2.50. The Labute approximate surface area is 84.7 Å². The van der Waals surface area contributed by atoms with Crippen molar-refractivity contribution in [1.82, 2.24) is 4.98 Å².